The minimum Gasteiger partial charge on any atom is -0.459 e. The molecule has 0 saturated heterocycles. The van der Waals surface area contributed by atoms with Crippen molar-refractivity contribution in [2.45, 2.75) is 32.9 Å². The molecule has 2 amide bonds. The highest BCUT2D eigenvalue weighted by Gasteiger charge is 2.21. The van der Waals surface area contributed by atoms with E-state index >= 15 is 0 Å². The highest BCUT2D eigenvalue weighted by molar-refractivity contribution is 5.78. The van der Waals surface area contributed by atoms with Crippen molar-refractivity contribution in [2.24, 2.45) is 0 Å². The zero-order valence-electron chi connectivity index (χ0n) is 12.7. The molecule has 1 heterocycles. The van der Waals surface area contributed by atoms with Gasteiger partial charge in [-0.25, -0.2) is 4.79 Å². The van der Waals surface area contributed by atoms with Gasteiger partial charge in [-0.1, -0.05) is 18.2 Å². The summed E-state index contributed by atoms with van der Waals surface area (Å²) in [5.41, 5.74) is -0.0993. The molecule has 2 rings (SSSR count). The normalized spacial score (nSPS) is 11.6. The van der Waals surface area contributed by atoms with E-state index < -0.39 is 5.60 Å². The molecule has 21 heavy (non-hydrogen) atoms. The molecule has 2 N–H and O–H groups in total. The average Bonchev–Trinajstić information content (AvgIpc) is 2.84. The van der Waals surface area contributed by atoms with Gasteiger partial charge < -0.3 is 19.7 Å². The monoisotopic (exact) mass is 290 g/mol. The van der Waals surface area contributed by atoms with Gasteiger partial charge in [0.15, 0.2) is 0 Å². The fourth-order valence-corrected chi connectivity index (χ4v) is 2.19. The number of fused-ring (bicyclic) bond motifs is 1. The van der Waals surface area contributed by atoms with Crippen LogP contribution in [0, 0.1) is 0 Å². The molecule has 2 aromatic rings. The molecule has 0 atom stereocenters. The van der Waals surface area contributed by atoms with Crippen LogP contribution in [0.15, 0.2) is 34.7 Å². The van der Waals surface area contributed by atoms with E-state index in [2.05, 4.69) is 5.32 Å². The standard InChI is InChI=1S/C16H22N2O3/c1-4-18(11-16(2,3)20)15(19)17-10-13-9-12-7-5-6-8-14(12)21-13/h5-9,20H,4,10-11H2,1-3H3,(H,17,19). The third-order valence-electron chi connectivity index (χ3n) is 3.14. The number of carbonyl (C=O) groups excluding carboxylic acids is 1. The van der Waals surface area contributed by atoms with E-state index in [1.54, 1.807) is 18.7 Å². The summed E-state index contributed by atoms with van der Waals surface area (Å²) in [7, 11) is 0. The van der Waals surface area contributed by atoms with Gasteiger partial charge in [-0.2, -0.15) is 0 Å². The van der Waals surface area contributed by atoms with Gasteiger partial charge in [0.1, 0.15) is 11.3 Å². The lowest BCUT2D eigenvalue weighted by atomic mass is 10.1. The van der Waals surface area contributed by atoms with Crippen molar-refractivity contribution >= 4 is 17.0 Å². The van der Waals surface area contributed by atoms with Gasteiger partial charge >= 0.3 is 6.03 Å². The van der Waals surface area contributed by atoms with Crippen LogP contribution in [-0.2, 0) is 6.54 Å². The summed E-state index contributed by atoms with van der Waals surface area (Å²) in [6.45, 7) is 6.40. The summed E-state index contributed by atoms with van der Waals surface area (Å²) in [6, 6.07) is 9.44. The van der Waals surface area contributed by atoms with Crippen molar-refractivity contribution in [3.05, 3.63) is 36.1 Å². The minimum absolute atomic E-state index is 0.208. The number of amides is 2. The molecule has 0 aliphatic heterocycles. The number of para-hydroxylation sites is 1. The molecule has 0 spiro atoms. The molecule has 0 aliphatic rings. The number of aliphatic hydroxyl groups is 1. The zero-order valence-corrected chi connectivity index (χ0v) is 12.7. The Balaban J connectivity index is 1.96. The molecule has 0 fully saturated rings. The van der Waals surface area contributed by atoms with Crippen LogP contribution in [0.1, 0.15) is 26.5 Å². The number of hydrogen-bond acceptors (Lipinski definition) is 3. The molecule has 1 aromatic heterocycles. The number of nitrogens with zero attached hydrogens (tertiary/aromatic N) is 1. The molecule has 1 aromatic carbocycles. The highest BCUT2D eigenvalue weighted by Crippen LogP contribution is 2.18. The number of benzene rings is 1. The zero-order chi connectivity index (χ0) is 15.5. The molecule has 114 valence electrons. The predicted molar refractivity (Wildman–Crippen MR) is 82.0 cm³/mol. The summed E-state index contributed by atoms with van der Waals surface area (Å²) in [5, 5.41) is 13.6. The molecule has 0 unspecified atom stereocenters. The molecule has 0 bridgehead atoms. The van der Waals surface area contributed by atoms with E-state index in [0.29, 0.717) is 18.8 Å². The second-order valence-electron chi connectivity index (χ2n) is 5.74. The lowest BCUT2D eigenvalue weighted by Crippen LogP contribution is -2.46. The van der Waals surface area contributed by atoms with Crippen LogP contribution in [-0.4, -0.2) is 34.7 Å². The predicted octanol–water partition coefficient (Wildman–Crippen LogP) is 2.74. The summed E-state index contributed by atoms with van der Waals surface area (Å²) in [6.07, 6.45) is 0. The van der Waals surface area contributed by atoms with Gasteiger partial charge in [0, 0.05) is 11.9 Å². The number of hydrogen-bond donors (Lipinski definition) is 2. The van der Waals surface area contributed by atoms with Crippen LogP contribution in [0.2, 0.25) is 0 Å². The molecule has 5 nitrogen and oxygen atoms in total. The Bertz CT molecular complexity index is 580. The van der Waals surface area contributed by atoms with Gasteiger partial charge in [-0.15, -0.1) is 0 Å². The van der Waals surface area contributed by atoms with Gasteiger partial charge in [0.05, 0.1) is 18.7 Å². The number of rotatable bonds is 5. The maximum atomic E-state index is 12.1. The van der Waals surface area contributed by atoms with Gasteiger partial charge in [-0.05, 0) is 32.9 Å². The molecule has 0 radical (unpaired) electrons. The Labute approximate surface area is 124 Å². The minimum atomic E-state index is -0.910. The van der Waals surface area contributed by atoms with Crippen LogP contribution in [0.4, 0.5) is 4.79 Å². The molecular formula is C16H22N2O3. The van der Waals surface area contributed by atoms with Gasteiger partial charge in [-0.3, -0.25) is 0 Å². The molecular weight excluding hydrogens is 268 g/mol. The number of nitrogens with one attached hydrogen (secondary N) is 1. The topological polar surface area (TPSA) is 65.7 Å². The number of urea groups is 1. The maximum Gasteiger partial charge on any atom is 0.317 e. The number of furan rings is 1. The first-order chi connectivity index (χ1) is 9.89. The summed E-state index contributed by atoms with van der Waals surface area (Å²) in [5.74, 6) is 0.712. The van der Waals surface area contributed by atoms with Crippen LogP contribution in [0.25, 0.3) is 11.0 Å². The first-order valence-electron chi connectivity index (χ1n) is 7.11. The van der Waals surface area contributed by atoms with E-state index in [1.165, 1.54) is 0 Å². The second-order valence-corrected chi connectivity index (χ2v) is 5.74. The quantitative estimate of drug-likeness (QED) is 0.890. The fourth-order valence-electron chi connectivity index (χ4n) is 2.19. The van der Waals surface area contributed by atoms with Crippen molar-refractivity contribution in [1.29, 1.82) is 0 Å². The molecule has 5 heteroatoms. The first-order valence-corrected chi connectivity index (χ1v) is 7.11. The smallest absolute Gasteiger partial charge is 0.317 e. The Morgan fingerprint density at radius 2 is 2.10 bits per heavy atom. The number of carbonyl (C=O) groups is 1. The SMILES string of the molecule is CCN(CC(C)(C)O)C(=O)NCc1cc2ccccc2o1. The van der Waals surface area contributed by atoms with Crippen molar-refractivity contribution in [3.8, 4) is 0 Å². The van der Waals surface area contributed by atoms with Crippen molar-refractivity contribution in [1.82, 2.24) is 10.2 Å². The van der Waals surface area contributed by atoms with Crippen molar-refractivity contribution in [3.63, 3.8) is 0 Å². The summed E-state index contributed by atoms with van der Waals surface area (Å²) < 4.78 is 5.65. The van der Waals surface area contributed by atoms with E-state index in [9.17, 15) is 9.90 Å². The Kier molecular flexibility index (Phi) is 4.53. The van der Waals surface area contributed by atoms with Gasteiger partial charge in [0.25, 0.3) is 0 Å². The third kappa shape index (κ3) is 4.23. The molecule has 0 saturated carbocycles. The first kappa shape index (κ1) is 15.4. The Morgan fingerprint density at radius 1 is 1.38 bits per heavy atom. The van der Waals surface area contributed by atoms with Crippen LogP contribution in [0.3, 0.4) is 0 Å². The van der Waals surface area contributed by atoms with Crippen molar-refractivity contribution in [2.75, 3.05) is 13.1 Å². The lowest BCUT2D eigenvalue weighted by Gasteiger charge is -2.28. The number of likely N-dealkylation sites (N-methyl/N-ethyl adjacent to an activating group) is 1. The van der Waals surface area contributed by atoms with E-state index in [0.717, 1.165) is 11.0 Å². The van der Waals surface area contributed by atoms with Crippen molar-refractivity contribution < 1.29 is 14.3 Å². The second kappa shape index (κ2) is 6.18. The van der Waals surface area contributed by atoms with E-state index in [4.69, 9.17) is 4.42 Å². The highest BCUT2D eigenvalue weighted by atomic mass is 16.3. The summed E-state index contributed by atoms with van der Waals surface area (Å²) >= 11 is 0. The van der Waals surface area contributed by atoms with Crippen LogP contribution >= 0.6 is 0 Å². The largest absolute Gasteiger partial charge is 0.459 e. The Hall–Kier alpha value is -2.01. The summed E-state index contributed by atoms with van der Waals surface area (Å²) in [4.78, 5) is 13.7. The van der Waals surface area contributed by atoms with Crippen LogP contribution < -0.4 is 5.32 Å². The fraction of sp³-hybridized carbons (Fsp3) is 0.438. The maximum absolute atomic E-state index is 12.1. The van der Waals surface area contributed by atoms with E-state index in [-0.39, 0.29) is 12.6 Å². The van der Waals surface area contributed by atoms with E-state index in [1.807, 2.05) is 37.3 Å². The Morgan fingerprint density at radius 3 is 2.71 bits per heavy atom. The average molecular weight is 290 g/mol. The third-order valence-corrected chi connectivity index (χ3v) is 3.14. The lowest BCUT2D eigenvalue weighted by molar-refractivity contribution is 0.0479. The van der Waals surface area contributed by atoms with Gasteiger partial charge in [0.2, 0.25) is 0 Å². The van der Waals surface area contributed by atoms with Crippen LogP contribution in [0.5, 0.6) is 0 Å². The molecule has 0 aliphatic carbocycles.